The van der Waals surface area contributed by atoms with Crippen LogP contribution in [0.5, 0.6) is 0 Å². The molecule has 1 aliphatic rings. The number of ether oxygens (including phenoxy) is 1. The van der Waals surface area contributed by atoms with Crippen molar-refractivity contribution in [3.05, 3.63) is 24.0 Å². The largest absolute Gasteiger partial charge is 0.466 e. The van der Waals surface area contributed by atoms with E-state index >= 15 is 0 Å². The molecule has 1 unspecified atom stereocenters. The number of hydrogen-bond acceptors (Lipinski definition) is 4. The number of hydrogen-bond donors (Lipinski definition) is 0. The Hall–Kier alpha value is -2.12. The predicted molar refractivity (Wildman–Crippen MR) is 66.3 cm³/mol. The number of aromatic nitrogens is 1. The first-order valence-corrected chi connectivity index (χ1v) is 6.33. The van der Waals surface area contributed by atoms with Crippen LogP contribution >= 0.6 is 0 Å². The number of nitrogens with zero attached hydrogens (tertiary/aromatic N) is 2. The fraction of sp³-hybridized carbons (Fsp3) is 0.462. The summed E-state index contributed by atoms with van der Waals surface area (Å²) in [5.41, 5.74) is -0.999. The van der Waals surface area contributed by atoms with Crippen molar-refractivity contribution in [1.82, 2.24) is 4.98 Å². The zero-order chi connectivity index (χ0) is 15.6. The van der Waals surface area contributed by atoms with E-state index in [1.807, 2.05) is 0 Å². The van der Waals surface area contributed by atoms with Gasteiger partial charge in [-0.25, -0.2) is 0 Å². The van der Waals surface area contributed by atoms with Crippen molar-refractivity contribution in [2.75, 3.05) is 18.1 Å². The maximum Gasteiger partial charge on any atom is 0.433 e. The van der Waals surface area contributed by atoms with Crippen LogP contribution in [0.25, 0.3) is 0 Å². The number of amides is 1. The third-order valence-electron chi connectivity index (χ3n) is 3.09. The van der Waals surface area contributed by atoms with E-state index in [-0.39, 0.29) is 25.3 Å². The lowest BCUT2D eigenvalue weighted by Gasteiger charge is -2.17. The summed E-state index contributed by atoms with van der Waals surface area (Å²) in [4.78, 5) is 27.9. The second-order valence-corrected chi connectivity index (χ2v) is 4.55. The number of rotatable bonds is 3. The molecule has 21 heavy (non-hydrogen) atoms. The minimum atomic E-state index is -4.58. The van der Waals surface area contributed by atoms with E-state index in [1.54, 1.807) is 6.92 Å². The predicted octanol–water partition coefficient (Wildman–Crippen LogP) is 2.02. The molecule has 0 bridgehead atoms. The van der Waals surface area contributed by atoms with Crippen LogP contribution in [0.15, 0.2) is 18.3 Å². The standard InChI is InChI=1S/C13H13F3N2O3/c1-2-21-12(20)8-5-11(19)18(7-8)9-3-4-17-10(6-9)13(14,15)16/h3-4,6,8H,2,5,7H2,1H3. The van der Waals surface area contributed by atoms with Crippen LogP contribution in [0.3, 0.4) is 0 Å². The third-order valence-corrected chi connectivity index (χ3v) is 3.09. The molecule has 0 radical (unpaired) electrons. The van der Waals surface area contributed by atoms with Gasteiger partial charge in [0.05, 0.1) is 12.5 Å². The molecule has 1 aromatic heterocycles. The van der Waals surface area contributed by atoms with E-state index in [2.05, 4.69) is 4.98 Å². The Kier molecular flexibility index (Phi) is 4.15. The average molecular weight is 302 g/mol. The molecule has 8 heteroatoms. The molecule has 1 saturated heterocycles. The first-order chi connectivity index (χ1) is 9.82. The molecule has 2 rings (SSSR count). The highest BCUT2D eigenvalue weighted by Crippen LogP contribution is 2.32. The van der Waals surface area contributed by atoms with Gasteiger partial charge in [-0.3, -0.25) is 14.6 Å². The van der Waals surface area contributed by atoms with Gasteiger partial charge in [-0.05, 0) is 19.1 Å². The summed E-state index contributed by atoms with van der Waals surface area (Å²) in [6.07, 6.45) is -3.66. The molecule has 1 amide bonds. The Balaban J connectivity index is 2.19. The highest BCUT2D eigenvalue weighted by atomic mass is 19.4. The summed E-state index contributed by atoms with van der Waals surface area (Å²) in [5, 5.41) is 0. The van der Waals surface area contributed by atoms with Gasteiger partial charge in [0.1, 0.15) is 5.69 Å². The topological polar surface area (TPSA) is 59.5 Å². The first-order valence-electron chi connectivity index (χ1n) is 6.33. The van der Waals surface area contributed by atoms with Crippen LogP contribution in [0.2, 0.25) is 0 Å². The maximum atomic E-state index is 12.6. The van der Waals surface area contributed by atoms with Crippen LogP contribution in [-0.4, -0.2) is 30.0 Å². The number of carbonyl (C=O) groups excluding carboxylic acids is 2. The third kappa shape index (κ3) is 3.32. The Morgan fingerprint density at radius 3 is 2.86 bits per heavy atom. The second-order valence-electron chi connectivity index (χ2n) is 4.55. The molecule has 2 heterocycles. The molecular formula is C13H13F3N2O3. The normalized spacial score (nSPS) is 19.0. The highest BCUT2D eigenvalue weighted by Gasteiger charge is 2.38. The second kappa shape index (κ2) is 5.71. The summed E-state index contributed by atoms with van der Waals surface area (Å²) in [5.74, 6) is -1.58. The van der Waals surface area contributed by atoms with Crippen LogP contribution in [-0.2, 0) is 20.5 Å². The average Bonchev–Trinajstić information content (AvgIpc) is 2.80. The quantitative estimate of drug-likeness (QED) is 0.802. The van der Waals surface area contributed by atoms with E-state index in [0.717, 1.165) is 17.2 Å². The Bertz CT molecular complexity index is 560. The molecule has 1 atom stereocenters. The molecule has 0 N–H and O–H groups in total. The van der Waals surface area contributed by atoms with Crippen LogP contribution in [0.1, 0.15) is 19.0 Å². The monoisotopic (exact) mass is 302 g/mol. The van der Waals surface area contributed by atoms with Crippen molar-refractivity contribution >= 4 is 17.6 Å². The first kappa shape index (κ1) is 15.3. The van der Waals surface area contributed by atoms with Crippen molar-refractivity contribution in [2.45, 2.75) is 19.5 Å². The summed E-state index contributed by atoms with van der Waals surface area (Å²) >= 11 is 0. The molecule has 0 aliphatic carbocycles. The zero-order valence-corrected chi connectivity index (χ0v) is 11.2. The van der Waals surface area contributed by atoms with E-state index in [9.17, 15) is 22.8 Å². The molecule has 0 aromatic carbocycles. The minimum absolute atomic E-state index is 0.0129. The van der Waals surface area contributed by atoms with Gasteiger partial charge < -0.3 is 9.64 Å². The fourth-order valence-corrected chi connectivity index (χ4v) is 2.12. The smallest absolute Gasteiger partial charge is 0.433 e. The lowest BCUT2D eigenvalue weighted by Crippen LogP contribution is -2.27. The number of carbonyl (C=O) groups is 2. The van der Waals surface area contributed by atoms with Crippen molar-refractivity contribution in [2.24, 2.45) is 5.92 Å². The number of esters is 1. The van der Waals surface area contributed by atoms with Gasteiger partial charge in [0.15, 0.2) is 0 Å². The van der Waals surface area contributed by atoms with Crippen molar-refractivity contribution in [1.29, 1.82) is 0 Å². The molecular weight excluding hydrogens is 289 g/mol. The maximum absolute atomic E-state index is 12.6. The fourth-order valence-electron chi connectivity index (χ4n) is 2.12. The van der Waals surface area contributed by atoms with E-state index in [4.69, 9.17) is 4.74 Å². The Morgan fingerprint density at radius 2 is 2.24 bits per heavy atom. The SMILES string of the molecule is CCOC(=O)C1CC(=O)N(c2ccnc(C(F)(F)F)c2)C1. The molecule has 0 spiro atoms. The van der Waals surface area contributed by atoms with Gasteiger partial charge in [0.2, 0.25) is 5.91 Å². The van der Waals surface area contributed by atoms with Crippen LogP contribution in [0.4, 0.5) is 18.9 Å². The summed E-state index contributed by atoms with van der Waals surface area (Å²) < 4.78 is 42.7. The van der Waals surface area contributed by atoms with E-state index in [0.29, 0.717) is 0 Å². The Labute approximate surface area is 118 Å². The molecule has 1 fully saturated rings. The molecule has 1 aliphatic heterocycles. The van der Waals surface area contributed by atoms with Crippen LogP contribution < -0.4 is 4.90 Å². The Morgan fingerprint density at radius 1 is 1.52 bits per heavy atom. The number of pyridine rings is 1. The summed E-state index contributed by atoms with van der Waals surface area (Å²) in [6, 6.07) is 2.10. The summed E-state index contributed by atoms with van der Waals surface area (Å²) in [6.45, 7) is 1.85. The molecule has 0 saturated carbocycles. The van der Waals surface area contributed by atoms with E-state index < -0.39 is 29.7 Å². The number of alkyl halides is 3. The lowest BCUT2D eigenvalue weighted by atomic mass is 10.1. The van der Waals surface area contributed by atoms with Gasteiger partial charge in [-0.2, -0.15) is 13.2 Å². The van der Waals surface area contributed by atoms with Gasteiger partial charge in [-0.15, -0.1) is 0 Å². The molecule has 1 aromatic rings. The highest BCUT2D eigenvalue weighted by molar-refractivity contribution is 5.99. The van der Waals surface area contributed by atoms with Crippen molar-refractivity contribution in [3.8, 4) is 0 Å². The van der Waals surface area contributed by atoms with E-state index in [1.165, 1.54) is 6.07 Å². The zero-order valence-electron chi connectivity index (χ0n) is 11.2. The minimum Gasteiger partial charge on any atom is -0.466 e. The van der Waals surface area contributed by atoms with Gasteiger partial charge in [0, 0.05) is 24.8 Å². The van der Waals surface area contributed by atoms with Gasteiger partial charge in [0.25, 0.3) is 0 Å². The number of anilines is 1. The van der Waals surface area contributed by atoms with Crippen molar-refractivity contribution in [3.63, 3.8) is 0 Å². The summed E-state index contributed by atoms with van der Waals surface area (Å²) in [7, 11) is 0. The number of halogens is 3. The molecule has 114 valence electrons. The molecule has 5 nitrogen and oxygen atoms in total. The lowest BCUT2D eigenvalue weighted by molar-refractivity contribution is -0.147. The van der Waals surface area contributed by atoms with Gasteiger partial charge in [-0.1, -0.05) is 0 Å². The van der Waals surface area contributed by atoms with Crippen molar-refractivity contribution < 1.29 is 27.5 Å². The van der Waals surface area contributed by atoms with Gasteiger partial charge >= 0.3 is 12.1 Å². The van der Waals surface area contributed by atoms with Crippen LogP contribution in [0, 0.1) is 5.92 Å².